The molecule has 8 heteroatoms. The van der Waals surface area contributed by atoms with Gasteiger partial charge in [0.15, 0.2) is 5.16 Å². The van der Waals surface area contributed by atoms with E-state index in [9.17, 15) is 9.90 Å². The SMILES string of the molecule is C=CCn1c(=O)c2ccccc2n2c(SCC(O)COc3c(C)ccc(C)c3C)nnc12. The van der Waals surface area contributed by atoms with E-state index in [1.807, 2.05) is 49.4 Å². The zero-order valence-electron chi connectivity index (χ0n) is 18.4. The molecule has 0 saturated heterocycles. The first-order valence-corrected chi connectivity index (χ1v) is 11.4. The number of para-hydroxylation sites is 1. The van der Waals surface area contributed by atoms with E-state index in [4.69, 9.17) is 4.74 Å². The van der Waals surface area contributed by atoms with Gasteiger partial charge in [0, 0.05) is 12.3 Å². The topological polar surface area (TPSA) is 81.7 Å². The highest BCUT2D eigenvalue weighted by Gasteiger charge is 2.18. The summed E-state index contributed by atoms with van der Waals surface area (Å²) in [6.45, 7) is 10.3. The number of hydrogen-bond donors (Lipinski definition) is 1. The summed E-state index contributed by atoms with van der Waals surface area (Å²) in [6.07, 6.45) is 0.964. The molecule has 4 rings (SSSR count). The van der Waals surface area contributed by atoms with Crippen LogP contribution in [0.25, 0.3) is 16.7 Å². The van der Waals surface area contributed by atoms with Crippen molar-refractivity contribution in [2.75, 3.05) is 12.4 Å². The van der Waals surface area contributed by atoms with Crippen LogP contribution in [0.1, 0.15) is 16.7 Å². The third-order valence-corrected chi connectivity index (χ3v) is 6.56. The third-order valence-electron chi connectivity index (χ3n) is 5.49. The molecule has 7 nitrogen and oxygen atoms in total. The van der Waals surface area contributed by atoms with Crippen LogP contribution in [0.5, 0.6) is 5.75 Å². The van der Waals surface area contributed by atoms with Gasteiger partial charge in [0.25, 0.3) is 5.56 Å². The minimum absolute atomic E-state index is 0.130. The first kappa shape index (κ1) is 22.1. The molecule has 2 heterocycles. The Hall–Kier alpha value is -3.10. The number of ether oxygens (including phenoxy) is 1. The quantitative estimate of drug-likeness (QED) is 0.326. The number of aliphatic hydroxyl groups is 1. The summed E-state index contributed by atoms with van der Waals surface area (Å²) >= 11 is 1.38. The molecule has 2 aromatic carbocycles. The van der Waals surface area contributed by atoms with Crippen LogP contribution in [0, 0.1) is 20.8 Å². The van der Waals surface area contributed by atoms with Crippen molar-refractivity contribution < 1.29 is 9.84 Å². The molecule has 0 aliphatic heterocycles. The van der Waals surface area contributed by atoms with Crippen molar-refractivity contribution in [3.05, 3.63) is 76.1 Å². The van der Waals surface area contributed by atoms with Crippen LogP contribution in [0.15, 0.2) is 59.0 Å². The van der Waals surface area contributed by atoms with Gasteiger partial charge in [0.2, 0.25) is 5.78 Å². The number of aliphatic hydroxyl groups excluding tert-OH is 1. The van der Waals surface area contributed by atoms with Crippen molar-refractivity contribution in [1.29, 1.82) is 0 Å². The Balaban J connectivity index is 1.57. The Labute approximate surface area is 190 Å². The second kappa shape index (κ2) is 9.18. The number of nitrogens with zero attached hydrogens (tertiary/aromatic N) is 4. The molecular formula is C24H26N4O3S. The Kier molecular flexibility index (Phi) is 6.34. The summed E-state index contributed by atoms with van der Waals surface area (Å²) in [4.78, 5) is 12.9. The van der Waals surface area contributed by atoms with Crippen LogP contribution in [-0.2, 0) is 6.54 Å². The minimum atomic E-state index is -0.697. The van der Waals surface area contributed by atoms with Crippen LogP contribution in [0.4, 0.5) is 0 Å². The minimum Gasteiger partial charge on any atom is -0.490 e. The van der Waals surface area contributed by atoms with Gasteiger partial charge in [0.05, 0.1) is 17.0 Å². The molecule has 1 unspecified atom stereocenters. The highest BCUT2D eigenvalue weighted by atomic mass is 32.2. The number of fused-ring (bicyclic) bond motifs is 3. The lowest BCUT2D eigenvalue weighted by molar-refractivity contribution is 0.125. The summed E-state index contributed by atoms with van der Waals surface area (Å²) in [5.74, 6) is 1.65. The molecular weight excluding hydrogens is 424 g/mol. The number of benzene rings is 2. The van der Waals surface area contributed by atoms with Crippen molar-refractivity contribution in [2.45, 2.75) is 38.6 Å². The molecule has 0 spiro atoms. The second-order valence-corrected chi connectivity index (χ2v) is 8.76. The van der Waals surface area contributed by atoms with Gasteiger partial charge in [-0.3, -0.25) is 13.8 Å². The fourth-order valence-electron chi connectivity index (χ4n) is 3.67. The Morgan fingerprint density at radius 3 is 2.69 bits per heavy atom. The smallest absolute Gasteiger partial charge is 0.263 e. The van der Waals surface area contributed by atoms with E-state index in [0.717, 1.165) is 28.0 Å². The predicted octanol–water partition coefficient (Wildman–Crippen LogP) is 3.69. The lowest BCUT2D eigenvalue weighted by Gasteiger charge is -2.16. The van der Waals surface area contributed by atoms with E-state index in [-0.39, 0.29) is 12.2 Å². The molecule has 166 valence electrons. The van der Waals surface area contributed by atoms with Crippen LogP contribution < -0.4 is 10.3 Å². The van der Waals surface area contributed by atoms with Crippen molar-refractivity contribution in [1.82, 2.24) is 19.2 Å². The summed E-state index contributed by atoms with van der Waals surface area (Å²) in [7, 11) is 0. The van der Waals surface area contributed by atoms with Crippen molar-refractivity contribution in [3.8, 4) is 5.75 Å². The summed E-state index contributed by atoms with van der Waals surface area (Å²) in [5, 5.41) is 20.3. The number of hydrogen-bond acceptors (Lipinski definition) is 6. The van der Waals surface area contributed by atoms with Gasteiger partial charge < -0.3 is 9.84 Å². The first-order chi connectivity index (χ1) is 15.4. The first-order valence-electron chi connectivity index (χ1n) is 10.4. The number of aryl methyl sites for hydroxylation is 2. The van der Waals surface area contributed by atoms with Gasteiger partial charge in [-0.2, -0.15) is 0 Å². The predicted molar refractivity (Wildman–Crippen MR) is 128 cm³/mol. The van der Waals surface area contributed by atoms with Crippen molar-refractivity contribution in [2.24, 2.45) is 0 Å². The van der Waals surface area contributed by atoms with E-state index < -0.39 is 6.10 Å². The summed E-state index contributed by atoms with van der Waals surface area (Å²) in [6, 6.07) is 11.5. The van der Waals surface area contributed by atoms with Gasteiger partial charge in [-0.05, 0) is 49.6 Å². The summed E-state index contributed by atoms with van der Waals surface area (Å²) in [5.41, 5.74) is 3.89. The van der Waals surface area contributed by atoms with Crippen molar-refractivity contribution in [3.63, 3.8) is 0 Å². The Morgan fingerprint density at radius 1 is 1.16 bits per heavy atom. The molecule has 0 saturated carbocycles. The van der Waals surface area contributed by atoms with Gasteiger partial charge in [0.1, 0.15) is 12.4 Å². The number of rotatable bonds is 8. The average molecular weight is 451 g/mol. The maximum Gasteiger partial charge on any atom is 0.263 e. The highest BCUT2D eigenvalue weighted by molar-refractivity contribution is 7.99. The monoisotopic (exact) mass is 450 g/mol. The number of allylic oxidation sites excluding steroid dienone is 1. The van der Waals surface area contributed by atoms with Crippen LogP contribution in [0.2, 0.25) is 0 Å². The van der Waals surface area contributed by atoms with E-state index in [1.54, 1.807) is 16.7 Å². The molecule has 32 heavy (non-hydrogen) atoms. The summed E-state index contributed by atoms with van der Waals surface area (Å²) < 4.78 is 9.35. The highest BCUT2D eigenvalue weighted by Crippen LogP contribution is 2.27. The zero-order chi connectivity index (χ0) is 22.8. The van der Waals surface area contributed by atoms with E-state index in [2.05, 4.69) is 22.8 Å². The number of thioether (sulfide) groups is 1. The fourth-order valence-corrected chi connectivity index (χ4v) is 4.51. The Bertz CT molecular complexity index is 1360. The third kappa shape index (κ3) is 4.03. The molecule has 4 aromatic rings. The van der Waals surface area contributed by atoms with E-state index in [1.165, 1.54) is 11.8 Å². The second-order valence-electron chi connectivity index (χ2n) is 7.77. The molecule has 0 aliphatic carbocycles. The fraction of sp³-hybridized carbons (Fsp3) is 0.292. The molecule has 1 atom stereocenters. The molecule has 0 radical (unpaired) electrons. The maximum atomic E-state index is 12.9. The normalized spacial score (nSPS) is 12.4. The molecule has 0 aliphatic rings. The lowest BCUT2D eigenvalue weighted by Crippen LogP contribution is -2.23. The maximum absolute atomic E-state index is 12.9. The average Bonchev–Trinajstić information content (AvgIpc) is 3.22. The lowest BCUT2D eigenvalue weighted by atomic mass is 10.1. The van der Waals surface area contributed by atoms with E-state index in [0.29, 0.717) is 28.6 Å². The standard InChI is InChI=1S/C24H26N4O3S/c1-5-12-27-22(30)19-8-6-7-9-20(19)28-23(27)25-26-24(28)32-14-18(29)13-31-21-16(3)11-10-15(2)17(21)4/h5-11,18,29H,1,12-14H2,2-4H3. The Morgan fingerprint density at radius 2 is 1.91 bits per heavy atom. The molecule has 0 amide bonds. The van der Waals surface area contributed by atoms with Gasteiger partial charge in [-0.15, -0.1) is 16.8 Å². The van der Waals surface area contributed by atoms with Gasteiger partial charge in [-0.25, -0.2) is 0 Å². The van der Waals surface area contributed by atoms with Crippen LogP contribution in [-0.4, -0.2) is 42.7 Å². The largest absolute Gasteiger partial charge is 0.490 e. The number of aromatic nitrogens is 4. The van der Waals surface area contributed by atoms with Crippen LogP contribution in [0.3, 0.4) is 0 Å². The molecule has 2 aromatic heterocycles. The zero-order valence-corrected chi connectivity index (χ0v) is 19.2. The van der Waals surface area contributed by atoms with Gasteiger partial charge in [-0.1, -0.05) is 42.1 Å². The van der Waals surface area contributed by atoms with Gasteiger partial charge >= 0.3 is 0 Å². The van der Waals surface area contributed by atoms with Crippen LogP contribution >= 0.6 is 11.8 Å². The molecule has 1 N–H and O–H groups in total. The van der Waals surface area contributed by atoms with E-state index >= 15 is 0 Å². The molecule has 0 fully saturated rings. The van der Waals surface area contributed by atoms with Crippen molar-refractivity contribution >= 4 is 28.4 Å². The molecule has 0 bridgehead atoms.